The van der Waals surface area contributed by atoms with Crippen molar-refractivity contribution in [3.63, 3.8) is 0 Å². The van der Waals surface area contributed by atoms with E-state index in [1.54, 1.807) is 17.4 Å². The second-order valence-corrected chi connectivity index (χ2v) is 11.1. The van der Waals surface area contributed by atoms with Gasteiger partial charge in [0, 0.05) is 37.9 Å². The SMILES string of the molecule is C=C/C=C\C(=C)N(/C(C=C)=C/C=C\C)c1ccc(-c2ccc(-c3ccc4c(c3)N(S)C(=C)C4(C)C)s2)cc1. The standard InChI is InChI=1S/C34H34N2S2/c1-8-11-13-24(4)35(28(10-3)14-12-9-2)29-18-15-26(16-19-29)32-21-22-33(38-32)27-17-20-30-31(23-27)36(37)25(5)34(30,6)7/h8-23,37H,1,3-5H2,2,6-7H3/b12-9-,13-11-,28-14+. The summed E-state index contributed by atoms with van der Waals surface area (Å²) in [4.78, 5) is 4.52. The van der Waals surface area contributed by atoms with Gasteiger partial charge in [0.25, 0.3) is 0 Å². The molecule has 38 heavy (non-hydrogen) atoms. The molecule has 0 amide bonds. The lowest BCUT2D eigenvalue weighted by Crippen LogP contribution is -2.19. The minimum atomic E-state index is -0.119. The van der Waals surface area contributed by atoms with Crippen molar-refractivity contribution in [2.45, 2.75) is 26.2 Å². The molecule has 192 valence electrons. The molecular formula is C34H34N2S2. The molecule has 0 aliphatic carbocycles. The first-order chi connectivity index (χ1) is 18.2. The molecule has 1 aliphatic rings. The van der Waals surface area contributed by atoms with Crippen LogP contribution in [0.1, 0.15) is 26.3 Å². The lowest BCUT2D eigenvalue weighted by atomic mass is 9.84. The zero-order valence-corrected chi connectivity index (χ0v) is 24.0. The molecule has 0 fully saturated rings. The molecule has 0 spiro atoms. The van der Waals surface area contributed by atoms with Gasteiger partial charge >= 0.3 is 0 Å². The molecule has 4 heteroatoms. The molecular weight excluding hydrogens is 501 g/mol. The molecule has 0 saturated carbocycles. The fraction of sp³-hybridized carbons (Fsp3) is 0.118. The summed E-state index contributed by atoms with van der Waals surface area (Å²) in [6.45, 7) is 22.7. The van der Waals surface area contributed by atoms with Crippen LogP contribution in [0.2, 0.25) is 0 Å². The lowest BCUT2D eigenvalue weighted by Gasteiger charge is -2.26. The van der Waals surface area contributed by atoms with Crippen molar-refractivity contribution in [1.29, 1.82) is 0 Å². The van der Waals surface area contributed by atoms with E-state index in [-0.39, 0.29) is 5.41 Å². The first-order valence-corrected chi connectivity index (χ1v) is 13.7. The summed E-state index contributed by atoms with van der Waals surface area (Å²) in [6, 6.07) is 19.6. The smallest absolute Gasteiger partial charge is 0.0567 e. The second-order valence-electron chi connectivity index (χ2n) is 9.57. The Balaban J connectivity index is 1.64. The number of hydrogen-bond donors (Lipinski definition) is 1. The Hall–Kier alpha value is -3.73. The van der Waals surface area contributed by atoms with Gasteiger partial charge in [-0.25, -0.2) is 0 Å². The highest BCUT2D eigenvalue weighted by molar-refractivity contribution is 7.82. The van der Waals surface area contributed by atoms with E-state index >= 15 is 0 Å². The van der Waals surface area contributed by atoms with E-state index in [1.165, 1.54) is 26.4 Å². The molecule has 1 aromatic heterocycles. The average molecular weight is 535 g/mol. The average Bonchev–Trinajstić information content (AvgIpc) is 3.48. The number of thiophene rings is 1. The lowest BCUT2D eigenvalue weighted by molar-refractivity contribution is 0.651. The van der Waals surface area contributed by atoms with Gasteiger partial charge in [-0.15, -0.1) is 11.3 Å². The number of benzene rings is 2. The fourth-order valence-electron chi connectivity index (χ4n) is 4.54. The molecule has 0 N–H and O–H groups in total. The van der Waals surface area contributed by atoms with Crippen molar-refractivity contribution in [1.82, 2.24) is 0 Å². The molecule has 0 saturated heterocycles. The number of thiol groups is 1. The van der Waals surface area contributed by atoms with Crippen LogP contribution in [0.15, 0.2) is 141 Å². The van der Waals surface area contributed by atoms with Gasteiger partial charge in [0.05, 0.1) is 5.69 Å². The van der Waals surface area contributed by atoms with Crippen molar-refractivity contribution in [2.24, 2.45) is 0 Å². The number of rotatable bonds is 9. The number of hydrogen-bond acceptors (Lipinski definition) is 4. The minimum Gasteiger partial charge on any atom is -0.311 e. The Morgan fingerprint density at radius 3 is 2.26 bits per heavy atom. The van der Waals surface area contributed by atoms with Crippen LogP contribution >= 0.6 is 24.2 Å². The fourth-order valence-corrected chi connectivity index (χ4v) is 5.96. The Labute approximate surface area is 237 Å². The van der Waals surface area contributed by atoms with Crippen LogP contribution in [0, 0.1) is 0 Å². The van der Waals surface area contributed by atoms with E-state index in [2.05, 4.69) is 99.7 Å². The van der Waals surface area contributed by atoms with Gasteiger partial charge in [-0.3, -0.25) is 4.31 Å². The van der Waals surface area contributed by atoms with Crippen LogP contribution in [0.5, 0.6) is 0 Å². The maximum absolute atomic E-state index is 4.71. The maximum atomic E-state index is 4.71. The summed E-state index contributed by atoms with van der Waals surface area (Å²) in [5.41, 5.74) is 8.36. The maximum Gasteiger partial charge on any atom is 0.0567 e. The number of fused-ring (bicyclic) bond motifs is 1. The van der Waals surface area contributed by atoms with Gasteiger partial charge in [-0.2, -0.15) is 0 Å². The van der Waals surface area contributed by atoms with E-state index in [4.69, 9.17) is 12.8 Å². The van der Waals surface area contributed by atoms with E-state index in [0.29, 0.717) is 0 Å². The number of allylic oxidation sites excluding steroid dienone is 8. The number of anilines is 2. The molecule has 0 unspecified atom stereocenters. The normalized spacial score (nSPS) is 14.8. The van der Waals surface area contributed by atoms with Gasteiger partial charge in [0.2, 0.25) is 0 Å². The van der Waals surface area contributed by atoms with Gasteiger partial charge in [0.1, 0.15) is 0 Å². The van der Waals surface area contributed by atoms with Crippen LogP contribution in [-0.4, -0.2) is 0 Å². The van der Waals surface area contributed by atoms with Crippen LogP contribution < -0.4 is 9.21 Å². The Morgan fingerprint density at radius 1 is 0.974 bits per heavy atom. The molecule has 0 radical (unpaired) electrons. The Kier molecular flexibility index (Phi) is 8.15. The van der Waals surface area contributed by atoms with Crippen molar-refractivity contribution < 1.29 is 0 Å². The highest BCUT2D eigenvalue weighted by Gasteiger charge is 2.38. The zero-order valence-electron chi connectivity index (χ0n) is 22.3. The van der Waals surface area contributed by atoms with Gasteiger partial charge in [0.15, 0.2) is 0 Å². The molecule has 3 aromatic rings. The highest BCUT2D eigenvalue weighted by atomic mass is 32.1. The third-order valence-corrected chi connectivity index (χ3v) is 8.46. The highest BCUT2D eigenvalue weighted by Crippen LogP contribution is 2.49. The van der Waals surface area contributed by atoms with E-state index in [9.17, 15) is 0 Å². The second kappa shape index (κ2) is 11.3. The van der Waals surface area contributed by atoms with Crippen molar-refractivity contribution in [2.75, 3.05) is 9.21 Å². The first-order valence-electron chi connectivity index (χ1n) is 12.5. The van der Waals surface area contributed by atoms with Crippen molar-refractivity contribution >= 4 is 35.5 Å². The predicted molar refractivity (Wildman–Crippen MR) is 173 cm³/mol. The molecule has 0 atom stereocenters. The molecule has 2 nitrogen and oxygen atoms in total. The summed E-state index contributed by atoms with van der Waals surface area (Å²) in [6.07, 6.45) is 13.4. The summed E-state index contributed by atoms with van der Waals surface area (Å²) in [7, 11) is 0. The Bertz CT molecular complexity index is 1480. The summed E-state index contributed by atoms with van der Waals surface area (Å²) in [5, 5.41) is 0. The summed E-state index contributed by atoms with van der Waals surface area (Å²) in [5.74, 6) is 0. The molecule has 4 rings (SSSR count). The van der Waals surface area contributed by atoms with Gasteiger partial charge in [-0.05, 0) is 72.2 Å². The van der Waals surface area contributed by atoms with Gasteiger partial charge < -0.3 is 4.90 Å². The van der Waals surface area contributed by atoms with Crippen LogP contribution in [-0.2, 0) is 5.41 Å². The summed E-state index contributed by atoms with van der Waals surface area (Å²) < 4.78 is 1.91. The molecule has 0 bridgehead atoms. The van der Waals surface area contributed by atoms with Crippen LogP contribution in [0.25, 0.3) is 20.9 Å². The first kappa shape index (κ1) is 27.3. The molecule has 2 aromatic carbocycles. The summed E-state index contributed by atoms with van der Waals surface area (Å²) >= 11 is 6.49. The van der Waals surface area contributed by atoms with E-state index < -0.39 is 0 Å². The molecule has 1 aliphatic heterocycles. The largest absolute Gasteiger partial charge is 0.311 e. The Morgan fingerprint density at radius 2 is 1.63 bits per heavy atom. The topological polar surface area (TPSA) is 6.48 Å². The zero-order chi connectivity index (χ0) is 27.4. The van der Waals surface area contributed by atoms with Crippen LogP contribution in [0.4, 0.5) is 11.4 Å². The predicted octanol–water partition coefficient (Wildman–Crippen LogP) is 10.2. The number of nitrogens with zero attached hydrogens (tertiary/aromatic N) is 2. The third-order valence-electron chi connectivity index (χ3n) is 6.82. The molecule has 2 heterocycles. The van der Waals surface area contributed by atoms with Gasteiger partial charge in [-0.1, -0.05) is 102 Å². The van der Waals surface area contributed by atoms with Crippen molar-refractivity contribution in [3.05, 3.63) is 146 Å². The van der Waals surface area contributed by atoms with Crippen molar-refractivity contribution in [3.8, 4) is 20.9 Å². The van der Waals surface area contributed by atoms with Crippen LogP contribution in [0.3, 0.4) is 0 Å². The van der Waals surface area contributed by atoms with E-state index in [1.807, 2.05) is 47.7 Å². The quantitative estimate of drug-likeness (QED) is 0.215. The monoisotopic (exact) mass is 534 g/mol. The third kappa shape index (κ3) is 5.15. The minimum absolute atomic E-state index is 0.119. The van der Waals surface area contributed by atoms with E-state index in [0.717, 1.165) is 28.5 Å².